The van der Waals surface area contributed by atoms with Crippen molar-refractivity contribution in [1.29, 1.82) is 0 Å². The SMILES string of the molecule is Cn1c(=O)c2c(ncn2CCCC(=O)N2CCCc3c(Cl)ccc(F)c32)n(C)c1=O. The molecule has 0 unspecified atom stereocenters. The van der Waals surface area contributed by atoms with Gasteiger partial charge in [0.2, 0.25) is 5.91 Å². The minimum absolute atomic E-state index is 0.178. The number of rotatable bonds is 4. The monoisotopic (exact) mass is 433 g/mol. The number of carbonyl (C=O) groups excluding carboxylic acids is 1. The normalized spacial score (nSPS) is 13.7. The summed E-state index contributed by atoms with van der Waals surface area (Å²) in [6.45, 7) is 0.814. The Morgan fingerprint density at radius 1 is 1.23 bits per heavy atom. The Morgan fingerprint density at radius 2 is 2.00 bits per heavy atom. The lowest BCUT2D eigenvalue weighted by Crippen LogP contribution is -2.37. The molecular formula is C20H21ClFN5O3. The van der Waals surface area contributed by atoms with Gasteiger partial charge >= 0.3 is 5.69 Å². The van der Waals surface area contributed by atoms with Gasteiger partial charge in [-0.15, -0.1) is 0 Å². The van der Waals surface area contributed by atoms with Crippen LogP contribution in [-0.4, -0.2) is 31.1 Å². The Balaban J connectivity index is 1.53. The van der Waals surface area contributed by atoms with Gasteiger partial charge in [0, 0.05) is 38.6 Å². The molecule has 0 N–H and O–H groups in total. The van der Waals surface area contributed by atoms with Crippen LogP contribution >= 0.6 is 11.6 Å². The number of aromatic nitrogens is 4. The number of hydrogen-bond acceptors (Lipinski definition) is 4. The molecule has 4 rings (SSSR count). The summed E-state index contributed by atoms with van der Waals surface area (Å²) in [4.78, 5) is 43.0. The molecule has 0 spiro atoms. The van der Waals surface area contributed by atoms with Crippen LogP contribution in [0.2, 0.25) is 5.02 Å². The second-order valence-corrected chi connectivity index (χ2v) is 7.83. The molecule has 0 aliphatic carbocycles. The van der Waals surface area contributed by atoms with Crippen LogP contribution in [0.25, 0.3) is 11.2 Å². The fourth-order valence-electron chi connectivity index (χ4n) is 3.99. The second kappa shape index (κ2) is 7.71. The van der Waals surface area contributed by atoms with Crippen molar-refractivity contribution in [3.63, 3.8) is 0 Å². The first-order chi connectivity index (χ1) is 14.3. The van der Waals surface area contributed by atoms with Gasteiger partial charge in [-0.25, -0.2) is 14.2 Å². The molecule has 1 aliphatic heterocycles. The van der Waals surface area contributed by atoms with E-state index in [1.165, 1.54) is 35.0 Å². The van der Waals surface area contributed by atoms with Crippen molar-refractivity contribution >= 4 is 34.4 Å². The van der Waals surface area contributed by atoms with Gasteiger partial charge < -0.3 is 9.47 Å². The lowest BCUT2D eigenvalue weighted by Gasteiger charge is -2.30. The van der Waals surface area contributed by atoms with E-state index in [1.807, 2.05) is 0 Å². The molecule has 0 fully saturated rings. The average molecular weight is 434 g/mol. The summed E-state index contributed by atoms with van der Waals surface area (Å²) in [5.41, 5.74) is 0.678. The maximum atomic E-state index is 14.4. The van der Waals surface area contributed by atoms with Gasteiger partial charge in [-0.3, -0.25) is 18.7 Å². The number of amides is 1. The highest BCUT2D eigenvalue weighted by molar-refractivity contribution is 6.32. The summed E-state index contributed by atoms with van der Waals surface area (Å²) >= 11 is 6.19. The Labute approximate surface area is 176 Å². The smallest absolute Gasteiger partial charge is 0.325 e. The van der Waals surface area contributed by atoms with Crippen molar-refractivity contribution in [1.82, 2.24) is 18.7 Å². The third-order valence-electron chi connectivity index (χ3n) is 5.56. The minimum atomic E-state index is -0.451. The Morgan fingerprint density at radius 3 is 2.77 bits per heavy atom. The lowest BCUT2D eigenvalue weighted by atomic mass is 10.0. The van der Waals surface area contributed by atoms with Crippen LogP contribution in [0.5, 0.6) is 0 Å². The molecule has 10 heteroatoms. The van der Waals surface area contributed by atoms with Crippen LogP contribution in [-0.2, 0) is 31.9 Å². The number of carbonyl (C=O) groups is 1. The molecule has 8 nitrogen and oxygen atoms in total. The molecule has 0 saturated carbocycles. The van der Waals surface area contributed by atoms with E-state index in [2.05, 4.69) is 4.98 Å². The van der Waals surface area contributed by atoms with Crippen molar-refractivity contribution in [2.45, 2.75) is 32.2 Å². The Bertz CT molecular complexity index is 1280. The third kappa shape index (κ3) is 3.23. The van der Waals surface area contributed by atoms with Crippen molar-refractivity contribution in [3.8, 4) is 0 Å². The van der Waals surface area contributed by atoms with Gasteiger partial charge in [0.1, 0.15) is 5.82 Å². The molecule has 0 atom stereocenters. The van der Waals surface area contributed by atoms with E-state index < -0.39 is 17.1 Å². The average Bonchev–Trinajstić information content (AvgIpc) is 3.17. The second-order valence-electron chi connectivity index (χ2n) is 7.42. The Hall–Kier alpha value is -2.94. The topological polar surface area (TPSA) is 82.1 Å². The van der Waals surface area contributed by atoms with E-state index in [4.69, 9.17) is 11.6 Å². The Kier molecular flexibility index (Phi) is 5.23. The van der Waals surface area contributed by atoms with E-state index in [9.17, 15) is 18.8 Å². The van der Waals surface area contributed by atoms with Crippen LogP contribution in [0.3, 0.4) is 0 Å². The first-order valence-electron chi connectivity index (χ1n) is 9.69. The molecule has 1 aromatic carbocycles. The summed E-state index contributed by atoms with van der Waals surface area (Å²) in [5, 5.41) is 0.468. The number of halogens is 2. The van der Waals surface area contributed by atoms with Gasteiger partial charge in [0.05, 0.1) is 12.0 Å². The number of aryl methyl sites for hydroxylation is 2. The summed E-state index contributed by atoms with van der Waals surface area (Å²) in [7, 11) is 2.97. The fourth-order valence-corrected chi connectivity index (χ4v) is 4.24. The lowest BCUT2D eigenvalue weighted by molar-refractivity contribution is -0.118. The fraction of sp³-hybridized carbons (Fsp3) is 0.400. The van der Waals surface area contributed by atoms with Gasteiger partial charge in [-0.1, -0.05) is 11.6 Å². The third-order valence-corrected chi connectivity index (χ3v) is 5.92. The number of imidazole rings is 1. The zero-order valence-corrected chi connectivity index (χ0v) is 17.4. The van der Waals surface area contributed by atoms with Crippen molar-refractivity contribution in [3.05, 3.63) is 55.7 Å². The molecular weight excluding hydrogens is 413 g/mol. The van der Waals surface area contributed by atoms with E-state index >= 15 is 0 Å². The molecule has 158 valence electrons. The van der Waals surface area contributed by atoms with Crippen LogP contribution in [0.4, 0.5) is 10.1 Å². The summed E-state index contributed by atoms with van der Waals surface area (Å²) in [6, 6.07) is 2.80. The summed E-state index contributed by atoms with van der Waals surface area (Å²) < 4.78 is 18.4. The quantitative estimate of drug-likeness (QED) is 0.630. The molecule has 0 bridgehead atoms. The molecule has 30 heavy (non-hydrogen) atoms. The number of nitrogens with zero attached hydrogens (tertiary/aromatic N) is 5. The highest BCUT2D eigenvalue weighted by Gasteiger charge is 2.27. The standard InChI is InChI=1S/C20H21ClFN5O3/c1-24-18-17(19(29)25(2)20(24)30)26(11-23-18)9-4-6-15(28)27-10-3-5-12-13(21)7-8-14(22)16(12)27/h7-8,11H,3-6,9-10H2,1-2H3. The molecule has 2 aromatic heterocycles. The van der Waals surface area contributed by atoms with E-state index in [-0.39, 0.29) is 18.0 Å². The first-order valence-corrected chi connectivity index (χ1v) is 10.1. The van der Waals surface area contributed by atoms with Crippen molar-refractivity contribution in [2.24, 2.45) is 14.1 Å². The van der Waals surface area contributed by atoms with Crippen LogP contribution < -0.4 is 16.1 Å². The number of fused-ring (bicyclic) bond motifs is 2. The van der Waals surface area contributed by atoms with E-state index in [1.54, 1.807) is 11.6 Å². The summed E-state index contributed by atoms with van der Waals surface area (Å²) in [5.74, 6) is -0.644. The predicted molar refractivity (Wildman–Crippen MR) is 112 cm³/mol. The maximum absolute atomic E-state index is 14.4. The predicted octanol–water partition coefficient (Wildman–Crippen LogP) is 1.99. The molecule has 1 aliphatic rings. The van der Waals surface area contributed by atoms with Gasteiger partial charge in [-0.2, -0.15) is 0 Å². The van der Waals surface area contributed by atoms with Gasteiger partial charge in [0.15, 0.2) is 11.2 Å². The van der Waals surface area contributed by atoms with E-state index in [0.29, 0.717) is 47.7 Å². The number of hydrogen-bond donors (Lipinski definition) is 0. The first kappa shape index (κ1) is 20.3. The number of anilines is 1. The van der Waals surface area contributed by atoms with Crippen molar-refractivity contribution in [2.75, 3.05) is 11.4 Å². The molecule has 3 heterocycles. The maximum Gasteiger partial charge on any atom is 0.332 e. The highest BCUT2D eigenvalue weighted by Crippen LogP contribution is 2.35. The van der Waals surface area contributed by atoms with Crippen LogP contribution in [0.15, 0.2) is 28.0 Å². The summed E-state index contributed by atoms with van der Waals surface area (Å²) in [6.07, 6.45) is 3.46. The molecule has 0 radical (unpaired) electrons. The highest BCUT2D eigenvalue weighted by atomic mass is 35.5. The van der Waals surface area contributed by atoms with Gasteiger partial charge in [-0.05, 0) is 37.0 Å². The van der Waals surface area contributed by atoms with Crippen LogP contribution in [0, 0.1) is 5.82 Å². The van der Waals surface area contributed by atoms with Gasteiger partial charge in [0.25, 0.3) is 5.56 Å². The molecule has 3 aromatic rings. The zero-order valence-electron chi connectivity index (χ0n) is 16.7. The molecule has 0 saturated heterocycles. The van der Waals surface area contributed by atoms with Crippen molar-refractivity contribution < 1.29 is 9.18 Å². The minimum Gasteiger partial charge on any atom is -0.325 e. The zero-order chi connectivity index (χ0) is 21.6. The van der Waals surface area contributed by atoms with Crippen LogP contribution in [0.1, 0.15) is 24.8 Å². The molecule has 1 amide bonds. The van der Waals surface area contributed by atoms with E-state index in [0.717, 1.165) is 11.0 Å². The number of benzene rings is 1. The largest absolute Gasteiger partial charge is 0.332 e.